The van der Waals surface area contributed by atoms with E-state index in [1.54, 1.807) is 0 Å². The number of pyridine rings is 1. The Kier molecular flexibility index (Phi) is 4.23. The zero-order chi connectivity index (χ0) is 13.0. The van der Waals surface area contributed by atoms with Crippen LogP contribution in [-0.4, -0.2) is 24.6 Å². The van der Waals surface area contributed by atoms with Crippen LogP contribution in [0.1, 0.15) is 39.3 Å². The van der Waals surface area contributed by atoms with Gasteiger partial charge < -0.3 is 10.2 Å². The van der Waals surface area contributed by atoms with Crippen LogP contribution >= 0.6 is 0 Å². The molecule has 18 heavy (non-hydrogen) atoms. The van der Waals surface area contributed by atoms with Crippen LogP contribution in [0.25, 0.3) is 0 Å². The number of hydrogen-bond donors (Lipinski definition) is 1. The Labute approximate surface area is 111 Å². The highest BCUT2D eigenvalue weighted by molar-refractivity contribution is 5.40. The number of nitrogens with one attached hydrogen (secondary N) is 1. The van der Waals surface area contributed by atoms with Gasteiger partial charge in [0.15, 0.2) is 0 Å². The standard InChI is InChI=1S/C15H25N3/c1-4-16-11-13-7-5-8-14(17-13)18-10-6-9-15(2,3)12-18/h5,7-8,16H,4,6,9-12H2,1-3H3. The fourth-order valence-electron chi connectivity index (χ4n) is 2.61. The normalized spacial score (nSPS) is 18.9. The lowest BCUT2D eigenvalue weighted by Gasteiger charge is -2.38. The van der Waals surface area contributed by atoms with Crippen molar-refractivity contribution in [2.24, 2.45) is 5.41 Å². The van der Waals surface area contributed by atoms with Crippen molar-refractivity contribution in [3.05, 3.63) is 23.9 Å². The fraction of sp³-hybridized carbons (Fsp3) is 0.667. The van der Waals surface area contributed by atoms with E-state index >= 15 is 0 Å². The van der Waals surface area contributed by atoms with Crippen molar-refractivity contribution in [2.75, 3.05) is 24.5 Å². The lowest BCUT2D eigenvalue weighted by molar-refractivity contribution is 0.292. The lowest BCUT2D eigenvalue weighted by Crippen LogP contribution is -2.40. The molecule has 0 unspecified atom stereocenters. The Bertz CT molecular complexity index is 387. The van der Waals surface area contributed by atoms with Gasteiger partial charge in [0.05, 0.1) is 5.69 Å². The first-order chi connectivity index (χ1) is 8.61. The molecule has 0 aromatic carbocycles. The third-order valence-corrected chi connectivity index (χ3v) is 3.57. The summed E-state index contributed by atoms with van der Waals surface area (Å²) < 4.78 is 0. The highest BCUT2D eigenvalue weighted by atomic mass is 15.2. The summed E-state index contributed by atoms with van der Waals surface area (Å²) in [4.78, 5) is 7.19. The molecule has 1 aromatic heterocycles. The predicted octanol–water partition coefficient (Wildman–Crippen LogP) is 2.82. The molecule has 1 aliphatic rings. The van der Waals surface area contributed by atoms with Crippen molar-refractivity contribution in [1.82, 2.24) is 10.3 Å². The SMILES string of the molecule is CCNCc1cccc(N2CCCC(C)(C)C2)n1. The van der Waals surface area contributed by atoms with E-state index in [1.807, 2.05) is 0 Å². The average Bonchev–Trinajstić information content (AvgIpc) is 2.35. The summed E-state index contributed by atoms with van der Waals surface area (Å²) in [6, 6.07) is 6.36. The molecule has 1 aromatic rings. The number of aromatic nitrogens is 1. The van der Waals surface area contributed by atoms with E-state index in [1.165, 1.54) is 12.8 Å². The van der Waals surface area contributed by atoms with Gasteiger partial charge >= 0.3 is 0 Å². The molecule has 1 saturated heterocycles. The van der Waals surface area contributed by atoms with Crippen LogP contribution in [-0.2, 0) is 6.54 Å². The van der Waals surface area contributed by atoms with Gasteiger partial charge in [0, 0.05) is 19.6 Å². The molecule has 0 atom stereocenters. The molecule has 0 aliphatic carbocycles. The zero-order valence-electron chi connectivity index (χ0n) is 11.9. The second-order valence-electron chi connectivity index (χ2n) is 5.96. The van der Waals surface area contributed by atoms with Crippen molar-refractivity contribution in [1.29, 1.82) is 0 Å². The molecule has 0 saturated carbocycles. The Balaban J connectivity index is 2.07. The molecular weight excluding hydrogens is 222 g/mol. The molecule has 0 bridgehead atoms. The fourth-order valence-corrected chi connectivity index (χ4v) is 2.61. The lowest BCUT2D eigenvalue weighted by atomic mass is 9.84. The zero-order valence-corrected chi connectivity index (χ0v) is 11.9. The highest BCUT2D eigenvalue weighted by Gasteiger charge is 2.26. The van der Waals surface area contributed by atoms with Crippen LogP contribution in [0.5, 0.6) is 0 Å². The van der Waals surface area contributed by atoms with Crippen molar-refractivity contribution in [3.63, 3.8) is 0 Å². The van der Waals surface area contributed by atoms with Crippen molar-refractivity contribution >= 4 is 5.82 Å². The molecule has 3 heteroatoms. The molecule has 0 amide bonds. The van der Waals surface area contributed by atoms with Crippen molar-refractivity contribution in [2.45, 2.75) is 40.2 Å². The molecule has 1 fully saturated rings. The van der Waals surface area contributed by atoms with Gasteiger partial charge in [-0.2, -0.15) is 0 Å². The maximum absolute atomic E-state index is 4.76. The van der Waals surface area contributed by atoms with Gasteiger partial charge in [-0.3, -0.25) is 0 Å². The summed E-state index contributed by atoms with van der Waals surface area (Å²) in [5.41, 5.74) is 1.55. The first-order valence-corrected chi connectivity index (χ1v) is 7.02. The van der Waals surface area contributed by atoms with Crippen LogP contribution in [0.3, 0.4) is 0 Å². The average molecular weight is 247 g/mol. The van der Waals surface area contributed by atoms with E-state index < -0.39 is 0 Å². The minimum Gasteiger partial charge on any atom is -0.356 e. The summed E-state index contributed by atoms with van der Waals surface area (Å²) in [7, 11) is 0. The van der Waals surface area contributed by atoms with Gasteiger partial charge in [0.1, 0.15) is 5.82 Å². The first-order valence-electron chi connectivity index (χ1n) is 7.02. The molecule has 0 radical (unpaired) electrons. The van der Waals surface area contributed by atoms with Crippen molar-refractivity contribution in [3.8, 4) is 0 Å². The maximum atomic E-state index is 4.76. The Hall–Kier alpha value is -1.09. The maximum Gasteiger partial charge on any atom is 0.128 e. The van der Waals surface area contributed by atoms with E-state index in [-0.39, 0.29) is 0 Å². The summed E-state index contributed by atoms with van der Waals surface area (Å²) in [6.45, 7) is 10.9. The molecular formula is C15H25N3. The molecule has 1 aliphatic heterocycles. The van der Waals surface area contributed by atoms with Crippen LogP contribution < -0.4 is 10.2 Å². The molecule has 2 rings (SSSR count). The highest BCUT2D eigenvalue weighted by Crippen LogP contribution is 2.30. The van der Waals surface area contributed by atoms with Gasteiger partial charge in [0.2, 0.25) is 0 Å². The van der Waals surface area contributed by atoms with E-state index in [0.717, 1.165) is 37.7 Å². The number of anilines is 1. The molecule has 0 spiro atoms. The van der Waals surface area contributed by atoms with Crippen LogP contribution in [0.2, 0.25) is 0 Å². The summed E-state index contributed by atoms with van der Waals surface area (Å²) in [5.74, 6) is 1.14. The topological polar surface area (TPSA) is 28.2 Å². The Morgan fingerprint density at radius 1 is 1.39 bits per heavy atom. The van der Waals surface area contributed by atoms with Gasteiger partial charge in [-0.05, 0) is 36.9 Å². The summed E-state index contributed by atoms with van der Waals surface area (Å²) >= 11 is 0. The molecule has 2 heterocycles. The predicted molar refractivity (Wildman–Crippen MR) is 76.8 cm³/mol. The largest absolute Gasteiger partial charge is 0.356 e. The van der Waals surface area contributed by atoms with Gasteiger partial charge in [0.25, 0.3) is 0 Å². The number of hydrogen-bond acceptors (Lipinski definition) is 3. The second kappa shape index (κ2) is 5.70. The van der Waals surface area contributed by atoms with Crippen LogP contribution in [0.4, 0.5) is 5.82 Å². The van der Waals surface area contributed by atoms with Gasteiger partial charge in [-0.25, -0.2) is 4.98 Å². The van der Waals surface area contributed by atoms with E-state index in [2.05, 4.69) is 49.2 Å². The number of rotatable bonds is 4. The summed E-state index contributed by atoms with van der Waals surface area (Å²) in [6.07, 6.45) is 2.59. The van der Waals surface area contributed by atoms with Gasteiger partial charge in [-0.1, -0.05) is 26.8 Å². The van der Waals surface area contributed by atoms with E-state index in [4.69, 9.17) is 4.98 Å². The first kappa shape index (κ1) is 13.3. The van der Waals surface area contributed by atoms with Crippen LogP contribution in [0, 0.1) is 5.41 Å². The quantitative estimate of drug-likeness (QED) is 0.887. The molecule has 100 valence electrons. The second-order valence-corrected chi connectivity index (χ2v) is 5.96. The number of piperidine rings is 1. The molecule has 1 N–H and O–H groups in total. The Morgan fingerprint density at radius 3 is 2.94 bits per heavy atom. The third-order valence-electron chi connectivity index (χ3n) is 3.57. The smallest absolute Gasteiger partial charge is 0.128 e. The monoisotopic (exact) mass is 247 g/mol. The minimum atomic E-state index is 0.414. The summed E-state index contributed by atoms with van der Waals surface area (Å²) in [5, 5.41) is 3.33. The Morgan fingerprint density at radius 2 is 2.22 bits per heavy atom. The number of nitrogens with zero attached hydrogens (tertiary/aromatic N) is 2. The van der Waals surface area contributed by atoms with E-state index in [0.29, 0.717) is 5.41 Å². The van der Waals surface area contributed by atoms with Crippen molar-refractivity contribution < 1.29 is 0 Å². The van der Waals surface area contributed by atoms with E-state index in [9.17, 15) is 0 Å². The van der Waals surface area contributed by atoms with Gasteiger partial charge in [-0.15, -0.1) is 0 Å². The molecule has 3 nitrogen and oxygen atoms in total. The van der Waals surface area contributed by atoms with Crippen LogP contribution in [0.15, 0.2) is 18.2 Å². The minimum absolute atomic E-state index is 0.414. The third kappa shape index (κ3) is 3.45.